The molecule has 0 aliphatic rings. The normalized spacial score (nSPS) is 10.3. The summed E-state index contributed by atoms with van der Waals surface area (Å²) in [6.07, 6.45) is 0. The SMILES string of the molecule is Cc1ccc(NCc2ccccc2C)cc1F. The van der Waals surface area contributed by atoms with E-state index in [2.05, 4.69) is 24.4 Å². The standard InChI is InChI=1S/C15H16FN/c1-11-5-3-4-6-13(11)10-17-14-8-7-12(2)15(16)9-14/h3-9,17H,10H2,1-2H3. The molecular weight excluding hydrogens is 213 g/mol. The Kier molecular flexibility index (Phi) is 3.43. The van der Waals surface area contributed by atoms with Crippen molar-refractivity contribution >= 4 is 5.69 Å². The van der Waals surface area contributed by atoms with Gasteiger partial charge in [0.2, 0.25) is 0 Å². The number of hydrogen-bond donors (Lipinski definition) is 1. The van der Waals surface area contributed by atoms with Gasteiger partial charge in [-0.05, 0) is 42.7 Å². The Labute approximate surface area is 101 Å². The first-order valence-electron chi connectivity index (χ1n) is 5.71. The van der Waals surface area contributed by atoms with Crippen molar-refractivity contribution in [2.75, 3.05) is 5.32 Å². The summed E-state index contributed by atoms with van der Waals surface area (Å²) < 4.78 is 13.3. The third-order valence-corrected chi connectivity index (χ3v) is 2.92. The number of hydrogen-bond acceptors (Lipinski definition) is 1. The first-order chi connectivity index (χ1) is 8.16. The average Bonchev–Trinajstić information content (AvgIpc) is 2.32. The first-order valence-corrected chi connectivity index (χ1v) is 5.71. The summed E-state index contributed by atoms with van der Waals surface area (Å²) in [5, 5.41) is 3.23. The third kappa shape index (κ3) is 2.84. The number of halogens is 1. The molecule has 88 valence electrons. The van der Waals surface area contributed by atoms with Crippen molar-refractivity contribution in [3.05, 3.63) is 65.0 Å². The molecule has 0 amide bonds. The minimum atomic E-state index is -0.167. The zero-order valence-corrected chi connectivity index (χ0v) is 10.1. The topological polar surface area (TPSA) is 12.0 Å². The summed E-state index contributed by atoms with van der Waals surface area (Å²) in [6.45, 7) is 4.56. The zero-order valence-electron chi connectivity index (χ0n) is 10.1. The largest absolute Gasteiger partial charge is 0.381 e. The molecule has 1 N–H and O–H groups in total. The Morgan fingerprint density at radius 3 is 2.47 bits per heavy atom. The molecule has 2 aromatic rings. The van der Waals surface area contributed by atoms with Gasteiger partial charge in [0.15, 0.2) is 0 Å². The van der Waals surface area contributed by atoms with Crippen molar-refractivity contribution in [3.63, 3.8) is 0 Å². The van der Waals surface area contributed by atoms with Crippen molar-refractivity contribution in [1.82, 2.24) is 0 Å². The molecule has 0 saturated heterocycles. The first kappa shape index (κ1) is 11.6. The molecule has 0 aromatic heterocycles. The molecule has 0 fully saturated rings. The van der Waals surface area contributed by atoms with Crippen LogP contribution < -0.4 is 5.32 Å². The lowest BCUT2D eigenvalue weighted by atomic mass is 10.1. The van der Waals surface area contributed by atoms with Crippen molar-refractivity contribution in [1.29, 1.82) is 0 Å². The summed E-state index contributed by atoms with van der Waals surface area (Å²) in [7, 11) is 0. The molecule has 2 aromatic carbocycles. The predicted molar refractivity (Wildman–Crippen MR) is 69.6 cm³/mol. The number of benzene rings is 2. The van der Waals surface area contributed by atoms with Crippen LogP contribution in [0.5, 0.6) is 0 Å². The van der Waals surface area contributed by atoms with Gasteiger partial charge in [-0.1, -0.05) is 30.3 Å². The molecule has 0 aliphatic carbocycles. The quantitative estimate of drug-likeness (QED) is 0.837. The van der Waals surface area contributed by atoms with E-state index in [-0.39, 0.29) is 5.82 Å². The highest BCUT2D eigenvalue weighted by atomic mass is 19.1. The molecule has 0 radical (unpaired) electrons. The van der Waals surface area contributed by atoms with Crippen molar-refractivity contribution < 1.29 is 4.39 Å². The van der Waals surface area contributed by atoms with Gasteiger partial charge < -0.3 is 5.32 Å². The molecule has 17 heavy (non-hydrogen) atoms. The van der Waals surface area contributed by atoms with Crippen LogP contribution in [0, 0.1) is 19.7 Å². The molecule has 0 atom stereocenters. The average molecular weight is 229 g/mol. The van der Waals surface area contributed by atoms with Crippen LogP contribution in [0.1, 0.15) is 16.7 Å². The highest BCUT2D eigenvalue weighted by Crippen LogP contribution is 2.15. The van der Waals surface area contributed by atoms with E-state index in [9.17, 15) is 4.39 Å². The van der Waals surface area contributed by atoms with Crippen LogP contribution >= 0.6 is 0 Å². The van der Waals surface area contributed by atoms with Gasteiger partial charge in [-0.2, -0.15) is 0 Å². The monoisotopic (exact) mass is 229 g/mol. The molecule has 2 rings (SSSR count). The van der Waals surface area contributed by atoms with Gasteiger partial charge in [-0.3, -0.25) is 0 Å². The fourth-order valence-electron chi connectivity index (χ4n) is 1.71. The molecule has 2 heteroatoms. The highest BCUT2D eigenvalue weighted by Gasteiger charge is 2.00. The fraction of sp³-hybridized carbons (Fsp3) is 0.200. The van der Waals surface area contributed by atoms with Crippen LogP contribution in [-0.4, -0.2) is 0 Å². The Bertz CT molecular complexity index is 520. The summed E-state index contributed by atoms with van der Waals surface area (Å²) in [4.78, 5) is 0. The Balaban J connectivity index is 2.08. The van der Waals surface area contributed by atoms with E-state index in [1.165, 1.54) is 17.2 Å². The van der Waals surface area contributed by atoms with Crippen LogP contribution in [0.4, 0.5) is 10.1 Å². The van der Waals surface area contributed by atoms with Gasteiger partial charge in [-0.15, -0.1) is 0 Å². The molecule has 0 unspecified atom stereocenters. The second kappa shape index (κ2) is 5.00. The second-order valence-corrected chi connectivity index (χ2v) is 4.24. The van der Waals surface area contributed by atoms with E-state index in [4.69, 9.17) is 0 Å². The molecule has 0 bridgehead atoms. The smallest absolute Gasteiger partial charge is 0.128 e. The Morgan fingerprint density at radius 1 is 1.00 bits per heavy atom. The van der Waals surface area contributed by atoms with Crippen molar-refractivity contribution in [3.8, 4) is 0 Å². The number of rotatable bonds is 3. The molecule has 0 aliphatic heterocycles. The molecule has 0 spiro atoms. The van der Waals surface area contributed by atoms with Crippen molar-refractivity contribution in [2.45, 2.75) is 20.4 Å². The van der Waals surface area contributed by atoms with Gasteiger partial charge in [0.05, 0.1) is 0 Å². The highest BCUT2D eigenvalue weighted by molar-refractivity contribution is 5.46. The van der Waals surface area contributed by atoms with Gasteiger partial charge in [0.25, 0.3) is 0 Å². The minimum Gasteiger partial charge on any atom is -0.381 e. The molecule has 0 saturated carbocycles. The summed E-state index contributed by atoms with van der Waals surface area (Å²) in [5.41, 5.74) is 3.96. The van der Waals surface area contributed by atoms with Gasteiger partial charge in [0.1, 0.15) is 5.82 Å². The van der Waals surface area contributed by atoms with Crippen LogP contribution in [0.2, 0.25) is 0 Å². The number of aryl methyl sites for hydroxylation is 2. The van der Waals surface area contributed by atoms with Crippen LogP contribution in [0.15, 0.2) is 42.5 Å². The van der Waals surface area contributed by atoms with E-state index in [1.807, 2.05) is 18.2 Å². The lowest BCUT2D eigenvalue weighted by Crippen LogP contribution is -2.01. The summed E-state index contributed by atoms with van der Waals surface area (Å²) in [5.74, 6) is -0.167. The maximum Gasteiger partial charge on any atom is 0.128 e. The Morgan fingerprint density at radius 2 is 1.76 bits per heavy atom. The van der Waals surface area contributed by atoms with Gasteiger partial charge >= 0.3 is 0 Å². The third-order valence-electron chi connectivity index (χ3n) is 2.92. The Hall–Kier alpha value is -1.83. The molecule has 1 nitrogen and oxygen atoms in total. The maximum absolute atomic E-state index is 13.3. The lowest BCUT2D eigenvalue weighted by Gasteiger charge is -2.09. The van der Waals surface area contributed by atoms with E-state index in [0.29, 0.717) is 5.56 Å². The zero-order chi connectivity index (χ0) is 12.3. The maximum atomic E-state index is 13.3. The minimum absolute atomic E-state index is 0.167. The lowest BCUT2D eigenvalue weighted by molar-refractivity contribution is 0.619. The van der Waals surface area contributed by atoms with E-state index >= 15 is 0 Å². The van der Waals surface area contributed by atoms with E-state index in [1.54, 1.807) is 13.0 Å². The van der Waals surface area contributed by atoms with Crippen LogP contribution in [0.25, 0.3) is 0 Å². The number of anilines is 1. The van der Waals surface area contributed by atoms with E-state index < -0.39 is 0 Å². The summed E-state index contributed by atoms with van der Waals surface area (Å²) in [6, 6.07) is 13.4. The molecule has 0 heterocycles. The molecular formula is C15H16FN. The second-order valence-electron chi connectivity index (χ2n) is 4.24. The van der Waals surface area contributed by atoms with Gasteiger partial charge in [-0.25, -0.2) is 4.39 Å². The predicted octanol–water partition coefficient (Wildman–Crippen LogP) is 4.05. The van der Waals surface area contributed by atoms with Crippen LogP contribution in [-0.2, 0) is 6.54 Å². The number of nitrogens with one attached hydrogen (secondary N) is 1. The van der Waals surface area contributed by atoms with Crippen molar-refractivity contribution in [2.24, 2.45) is 0 Å². The van der Waals surface area contributed by atoms with E-state index in [0.717, 1.165) is 12.2 Å². The van der Waals surface area contributed by atoms with Crippen LogP contribution in [0.3, 0.4) is 0 Å². The fourth-order valence-corrected chi connectivity index (χ4v) is 1.71. The van der Waals surface area contributed by atoms with Gasteiger partial charge in [0, 0.05) is 12.2 Å². The summed E-state index contributed by atoms with van der Waals surface area (Å²) >= 11 is 0.